The fourth-order valence-corrected chi connectivity index (χ4v) is 0.530. The van der Waals surface area contributed by atoms with E-state index in [1.165, 1.54) is 10.9 Å². The van der Waals surface area contributed by atoms with Crippen molar-refractivity contribution in [2.75, 3.05) is 0 Å². The molecule has 1 rings (SSSR count). The summed E-state index contributed by atoms with van der Waals surface area (Å²) in [5, 5.41) is 7.01. The minimum absolute atomic E-state index is 0.627. The Labute approximate surface area is 56.2 Å². The molecule has 0 fully saturated rings. The summed E-state index contributed by atoms with van der Waals surface area (Å²) in [4.78, 5) is -0.627. The summed E-state index contributed by atoms with van der Waals surface area (Å²) in [5.41, 5.74) is 0. The van der Waals surface area contributed by atoms with Crippen LogP contribution in [0.3, 0.4) is 0 Å². The molecule has 44 valence electrons. The molecule has 0 spiro atoms. The van der Waals surface area contributed by atoms with Crippen LogP contribution in [-0.2, 0) is 0 Å². The van der Waals surface area contributed by atoms with Crippen molar-refractivity contribution >= 4 is 23.2 Å². The molecule has 0 unspecified atom stereocenters. The molecule has 0 aliphatic heterocycles. The largest absolute Gasteiger partial charge is 0.220 e. The minimum atomic E-state index is -0.627. The SMILES string of the molecule is ClC(Cl)n1ccnn1. The first-order valence-electron chi connectivity index (χ1n) is 1.94. The number of hydrogen-bond acceptors (Lipinski definition) is 2. The van der Waals surface area contributed by atoms with E-state index in [4.69, 9.17) is 23.2 Å². The van der Waals surface area contributed by atoms with Crippen LogP contribution in [0.2, 0.25) is 0 Å². The fraction of sp³-hybridized carbons (Fsp3) is 0.333. The predicted octanol–water partition coefficient (Wildman–Crippen LogP) is 1.21. The van der Waals surface area contributed by atoms with Gasteiger partial charge in [0, 0.05) is 6.20 Å². The first-order valence-corrected chi connectivity index (χ1v) is 2.82. The second kappa shape index (κ2) is 2.33. The first-order chi connectivity index (χ1) is 3.80. The predicted molar refractivity (Wildman–Crippen MR) is 30.8 cm³/mol. The van der Waals surface area contributed by atoms with Gasteiger partial charge in [0.05, 0.1) is 6.20 Å². The minimum Gasteiger partial charge on any atom is -0.220 e. The van der Waals surface area contributed by atoms with E-state index in [2.05, 4.69) is 10.3 Å². The summed E-state index contributed by atoms with van der Waals surface area (Å²) >= 11 is 10.7. The average molecular weight is 152 g/mol. The van der Waals surface area contributed by atoms with Gasteiger partial charge in [0.1, 0.15) is 0 Å². The van der Waals surface area contributed by atoms with Crippen molar-refractivity contribution in [2.45, 2.75) is 4.96 Å². The van der Waals surface area contributed by atoms with Crippen LogP contribution in [0.1, 0.15) is 4.96 Å². The van der Waals surface area contributed by atoms with Gasteiger partial charge >= 0.3 is 0 Å². The van der Waals surface area contributed by atoms with Gasteiger partial charge in [-0.2, -0.15) is 0 Å². The molecule has 0 saturated carbocycles. The first kappa shape index (κ1) is 5.85. The van der Waals surface area contributed by atoms with Gasteiger partial charge in [-0.15, -0.1) is 5.10 Å². The van der Waals surface area contributed by atoms with E-state index in [1.54, 1.807) is 6.20 Å². The van der Waals surface area contributed by atoms with Crippen molar-refractivity contribution in [2.24, 2.45) is 0 Å². The number of hydrogen-bond donors (Lipinski definition) is 0. The zero-order valence-corrected chi connectivity index (χ0v) is 5.34. The Balaban J connectivity index is 2.77. The molecule has 0 aromatic carbocycles. The quantitative estimate of drug-likeness (QED) is 0.566. The van der Waals surface area contributed by atoms with Crippen LogP contribution in [0.5, 0.6) is 0 Å². The summed E-state index contributed by atoms with van der Waals surface area (Å²) in [6.07, 6.45) is 3.10. The lowest BCUT2D eigenvalue weighted by atomic mass is 10.9. The van der Waals surface area contributed by atoms with E-state index in [0.29, 0.717) is 0 Å². The molecule has 0 amide bonds. The Bertz CT molecular complexity index is 148. The van der Waals surface area contributed by atoms with E-state index in [1.807, 2.05) is 0 Å². The fourth-order valence-electron chi connectivity index (χ4n) is 0.321. The van der Waals surface area contributed by atoms with Gasteiger partial charge in [-0.1, -0.05) is 28.4 Å². The van der Waals surface area contributed by atoms with E-state index in [0.717, 1.165) is 0 Å². The van der Waals surface area contributed by atoms with E-state index >= 15 is 0 Å². The van der Waals surface area contributed by atoms with E-state index < -0.39 is 4.96 Å². The number of aromatic nitrogens is 3. The van der Waals surface area contributed by atoms with E-state index in [9.17, 15) is 0 Å². The van der Waals surface area contributed by atoms with Crippen LogP contribution in [-0.4, -0.2) is 15.0 Å². The normalized spacial score (nSPS) is 10.4. The molecule has 0 N–H and O–H groups in total. The second-order valence-electron chi connectivity index (χ2n) is 1.16. The molecular formula is C3H3Cl2N3. The van der Waals surface area contributed by atoms with Crippen molar-refractivity contribution in [1.82, 2.24) is 15.0 Å². The summed E-state index contributed by atoms with van der Waals surface area (Å²) in [6, 6.07) is 0. The Morgan fingerprint density at radius 3 is 2.50 bits per heavy atom. The molecule has 0 radical (unpaired) electrons. The van der Waals surface area contributed by atoms with Crippen LogP contribution >= 0.6 is 23.2 Å². The number of alkyl halides is 2. The van der Waals surface area contributed by atoms with Crippen molar-refractivity contribution < 1.29 is 0 Å². The van der Waals surface area contributed by atoms with Crippen LogP contribution in [0.4, 0.5) is 0 Å². The molecule has 5 heteroatoms. The van der Waals surface area contributed by atoms with Crippen molar-refractivity contribution in [1.29, 1.82) is 0 Å². The monoisotopic (exact) mass is 151 g/mol. The number of rotatable bonds is 1. The number of nitrogens with zero attached hydrogens (tertiary/aromatic N) is 3. The molecule has 3 nitrogen and oxygen atoms in total. The Kier molecular flexibility index (Phi) is 1.70. The molecule has 0 atom stereocenters. The highest BCUT2D eigenvalue weighted by Crippen LogP contribution is 2.12. The topological polar surface area (TPSA) is 30.7 Å². The zero-order chi connectivity index (χ0) is 5.98. The van der Waals surface area contributed by atoms with Crippen molar-refractivity contribution in [3.8, 4) is 0 Å². The Morgan fingerprint density at radius 2 is 2.25 bits per heavy atom. The summed E-state index contributed by atoms with van der Waals surface area (Å²) in [7, 11) is 0. The zero-order valence-electron chi connectivity index (χ0n) is 3.83. The highest BCUT2D eigenvalue weighted by atomic mass is 35.5. The smallest absolute Gasteiger partial charge is 0.200 e. The summed E-state index contributed by atoms with van der Waals surface area (Å²) < 4.78 is 1.34. The molecular weight excluding hydrogens is 149 g/mol. The number of halogens is 2. The van der Waals surface area contributed by atoms with Gasteiger partial charge in [-0.05, 0) is 0 Å². The van der Waals surface area contributed by atoms with Crippen molar-refractivity contribution in [3.05, 3.63) is 12.4 Å². The van der Waals surface area contributed by atoms with Crippen LogP contribution in [0.15, 0.2) is 12.4 Å². The van der Waals surface area contributed by atoms with Crippen LogP contribution < -0.4 is 0 Å². The maximum Gasteiger partial charge on any atom is 0.200 e. The third-order valence-electron chi connectivity index (χ3n) is 0.641. The lowest BCUT2D eigenvalue weighted by Crippen LogP contribution is -1.95. The summed E-state index contributed by atoms with van der Waals surface area (Å²) in [5.74, 6) is 0. The van der Waals surface area contributed by atoms with Gasteiger partial charge in [-0.3, -0.25) is 0 Å². The van der Waals surface area contributed by atoms with Crippen molar-refractivity contribution in [3.63, 3.8) is 0 Å². The molecule has 0 bridgehead atoms. The average Bonchev–Trinajstić information content (AvgIpc) is 2.12. The highest BCUT2D eigenvalue weighted by Gasteiger charge is 1.98. The van der Waals surface area contributed by atoms with Crippen LogP contribution in [0.25, 0.3) is 0 Å². The molecule has 1 aromatic rings. The maximum absolute atomic E-state index is 5.37. The van der Waals surface area contributed by atoms with Gasteiger partial charge in [0.15, 0.2) is 0 Å². The third-order valence-corrected chi connectivity index (χ3v) is 1.04. The maximum atomic E-state index is 5.37. The van der Waals surface area contributed by atoms with Crippen LogP contribution in [0, 0.1) is 0 Å². The highest BCUT2D eigenvalue weighted by molar-refractivity contribution is 6.41. The van der Waals surface area contributed by atoms with Gasteiger partial charge in [0.25, 0.3) is 0 Å². The van der Waals surface area contributed by atoms with Gasteiger partial charge in [-0.25, -0.2) is 4.68 Å². The molecule has 8 heavy (non-hydrogen) atoms. The van der Waals surface area contributed by atoms with E-state index in [-0.39, 0.29) is 0 Å². The summed E-state index contributed by atoms with van der Waals surface area (Å²) in [6.45, 7) is 0. The molecule has 0 saturated heterocycles. The third kappa shape index (κ3) is 1.11. The Hall–Kier alpha value is -0.280. The Morgan fingerprint density at radius 1 is 1.50 bits per heavy atom. The molecule has 1 heterocycles. The standard InChI is InChI=1S/C3H3Cl2N3/c4-3(5)8-2-1-6-7-8/h1-3H. The lowest BCUT2D eigenvalue weighted by Gasteiger charge is -1.94. The van der Waals surface area contributed by atoms with Gasteiger partial charge < -0.3 is 0 Å². The second-order valence-corrected chi connectivity index (χ2v) is 2.21. The lowest BCUT2D eigenvalue weighted by molar-refractivity contribution is 0.678. The molecule has 0 aliphatic rings. The molecule has 0 aliphatic carbocycles. The molecule has 1 aromatic heterocycles. The van der Waals surface area contributed by atoms with Gasteiger partial charge in [0.2, 0.25) is 4.96 Å².